The Balaban J connectivity index is 1.56. The summed E-state index contributed by atoms with van der Waals surface area (Å²) in [5.74, 6) is -0.0624. The summed E-state index contributed by atoms with van der Waals surface area (Å²) in [6.07, 6.45) is 1.43. The smallest absolute Gasteiger partial charge is 0.264 e. The standard InChI is InChI=1S/C31H41N5O6Si/c1-19-28(43(5,6)24-10-8-23(41-4)9-11-24)27(13-15-36-18-22(14-16-37)33-34-36)42-31(19)25-17-21(32-29(39)20(2)38)7-12-26(25)35(3)30(31)40/h7-12,17-20,27-28,37-38H,13-16H2,1-6H3,(H,32,39)/t19-,20+,27+,28-,31+/m1/s1. The zero-order valence-electron chi connectivity index (χ0n) is 25.6. The van der Waals surface area contributed by atoms with Crippen LogP contribution in [0.5, 0.6) is 5.75 Å². The number of ether oxygens (including phenoxy) is 2. The fraction of sp³-hybridized carbons (Fsp3) is 0.484. The molecule has 43 heavy (non-hydrogen) atoms. The third-order valence-electron chi connectivity index (χ3n) is 9.21. The van der Waals surface area contributed by atoms with Gasteiger partial charge in [0.05, 0.1) is 32.7 Å². The van der Waals surface area contributed by atoms with Crippen molar-refractivity contribution in [3.8, 4) is 5.75 Å². The number of amides is 2. The Kier molecular flexibility index (Phi) is 8.49. The number of methoxy groups -OCH3 is 1. The first-order valence-electron chi connectivity index (χ1n) is 14.7. The van der Waals surface area contributed by atoms with Crippen molar-refractivity contribution in [2.45, 2.75) is 69.7 Å². The zero-order valence-corrected chi connectivity index (χ0v) is 26.6. The van der Waals surface area contributed by atoms with E-state index in [1.54, 1.807) is 29.8 Å². The molecule has 1 aromatic heterocycles. The van der Waals surface area contributed by atoms with Crippen LogP contribution < -0.4 is 20.1 Å². The second kappa shape index (κ2) is 11.8. The summed E-state index contributed by atoms with van der Waals surface area (Å²) in [6.45, 7) is 8.71. The maximum absolute atomic E-state index is 14.2. The monoisotopic (exact) mass is 607 g/mol. The van der Waals surface area contributed by atoms with Gasteiger partial charge in [-0.25, -0.2) is 0 Å². The van der Waals surface area contributed by atoms with Crippen LogP contribution in [0.2, 0.25) is 18.6 Å². The summed E-state index contributed by atoms with van der Waals surface area (Å²) >= 11 is 0. The van der Waals surface area contributed by atoms with Crippen LogP contribution in [0.4, 0.5) is 11.4 Å². The number of carbonyl (C=O) groups excluding carboxylic acids is 2. The lowest BCUT2D eigenvalue weighted by Gasteiger charge is -2.37. The summed E-state index contributed by atoms with van der Waals surface area (Å²) in [7, 11) is 1.10. The van der Waals surface area contributed by atoms with Crippen molar-refractivity contribution < 1.29 is 29.3 Å². The molecule has 0 bridgehead atoms. The van der Waals surface area contributed by atoms with Crippen molar-refractivity contribution in [3.63, 3.8) is 0 Å². The van der Waals surface area contributed by atoms with Crippen molar-refractivity contribution in [2.24, 2.45) is 5.92 Å². The van der Waals surface area contributed by atoms with Crippen molar-refractivity contribution in [1.29, 1.82) is 0 Å². The highest BCUT2D eigenvalue weighted by Crippen LogP contribution is 2.60. The van der Waals surface area contributed by atoms with Crippen molar-refractivity contribution >= 4 is 36.4 Å². The molecule has 0 unspecified atom stereocenters. The van der Waals surface area contributed by atoms with E-state index in [4.69, 9.17) is 9.47 Å². The topological polar surface area (TPSA) is 139 Å². The van der Waals surface area contributed by atoms with E-state index >= 15 is 0 Å². The number of nitrogens with one attached hydrogen (secondary N) is 1. The van der Waals surface area contributed by atoms with Gasteiger partial charge in [0, 0.05) is 50.0 Å². The number of nitrogens with zero attached hydrogens (tertiary/aromatic N) is 4. The Morgan fingerprint density at radius 1 is 1.23 bits per heavy atom. The molecule has 5 atom stereocenters. The molecule has 2 aliphatic rings. The van der Waals surface area contributed by atoms with Crippen LogP contribution in [0.3, 0.4) is 0 Å². The van der Waals surface area contributed by atoms with Gasteiger partial charge in [0.2, 0.25) is 0 Å². The number of aryl methyl sites for hydroxylation is 1. The van der Waals surface area contributed by atoms with Crippen LogP contribution in [0.15, 0.2) is 48.7 Å². The highest BCUT2D eigenvalue weighted by Gasteiger charge is 2.65. The third-order valence-corrected chi connectivity index (χ3v) is 13.6. The van der Waals surface area contributed by atoms with Gasteiger partial charge in [-0.15, -0.1) is 5.10 Å². The van der Waals surface area contributed by atoms with Crippen molar-refractivity contribution in [2.75, 3.05) is 31.0 Å². The van der Waals surface area contributed by atoms with E-state index in [0.29, 0.717) is 30.6 Å². The molecule has 0 saturated carbocycles. The summed E-state index contributed by atoms with van der Waals surface area (Å²) in [5.41, 5.74) is 1.46. The third kappa shape index (κ3) is 5.37. The molecule has 2 aromatic carbocycles. The van der Waals surface area contributed by atoms with Gasteiger partial charge in [0.15, 0.2) is 5.60 Å². The molecule has 0 aliphatic carbocycles. The van der Waals surface area contributed by atoms with Gasteiger partial charge in [-0.05, 0) is 49.2 Å². The second-order valence-corrected chi connectivity index (χ2v) is 16.8. The van der Waals surface area contributed by atoms with Gasteiger partial charge < -0.3 is 29.9 Å². The van der Waals surface area contributed by atoms with E-state index in [-0.39, 0.29) is 30.1 Å². The van der Waals surface area contributed by atoms with Crippen LogP contribution in [-0.2, 0) is 32.9 Å². The lowest BCUT2D eigenvalue weighted by Crippen LogP contribution is -2.51. The van der Waals surface area contributed by atoms with Crippen LogP contribution in [0.1, 0.15) is 31.5 Å². The number of fused-ring (bicyclic) bond motifs is 2. The Bertz CT molecular complexity index is 1490. The molecular formula is C31H41N5O6Si. The quantitative estimate of drug-likeness (QED) is 0.299. The van der Waals surface area contributed by atoms with E-state index < -0.39 is 25.7 Å². The minimum absolute atomic E-state index is 0.00286. The average molecular weight is 608 g/mol. The number of hydrogen-bond acceptors (Lipinski definition) is 8. The molecule has 3 N–H and O–H groups in total. The molecule has 2 aliphatic heterocycles. The van der Waals surface area contributed by atoms with Crippen molar-refractivity contribution in [3.05, 3.63) is 59.9 Å². The van der Waals surface area contributed by atoms with E-state index in [1.807, 2.05) is 30.5 Å². The normalized spacial score (nSPS) is 24.0. The van der Waals surface area contributed by atoms with E-state index in [2.05, 4.69) is 47.8 Å². The molecular weight excluding hydrogens is 566 g/mol. The largest absolute Gasteiger partial charge is 0.497 e. The minimum atomic E-state index is -2.31. The fourth-order valence-electron chi connectivity index (χ4n) is 6.95. The minimum Gasteiger partial charge on any atom is -0.497 e. The van der Waals surface area contributed by atoms with E-state index in [0.717, 1.165) is 17.1 Å². The highest BCUT2D eigenvalue weighted by atomic mass is 28.3. The van der Waals surface area contributed by atoms with Gasteiger partial charge in [-0.2, -0.15) is 0 Å². The number of aliphatic hydroxyl groups is 2. The first-order chi connectivity index (χ1) is 20.4. The van der Waals surface area contributed by atoms with Crippen LogP contribution in [0, 0.1) is 5.92 Å². The summed E-state index contributed by atoms with van der Waals surface area (Å²) in [6, 6.07) is 13.6. The van der Waals surface area contributed by atoms with Crippen LogP contribution in [0.25, 0.3) is 0 Å². The number of rotatable bonds is 10. The van der Waals surface area contributed by atoms with Gasteiger partial charge in [0.1, 0.15) is 11.9 Å². The lowest BCUT2D eigenvalue weighted by atomic mass is 9.82. The molecule has 1 saturated heterocycles. The van der Waals surface area contributed by atoms with Crippen LogP contribution >= 0.6 is 0 Å². The predicted octanol–water partition coefficient (Wildman–Crippen LogP) is 2.42. The Morgan fingerprint density at radius 2 is 1.95 bits per heavy atom. The maximum atomic E-state index is 14.2. The maximum Gasteiger partial charge on any atom is 0.264 e. The number of aromatic nitrogens is 3. The second-order valence-electron chi connectivity index (χ2n) is 12.2. The summed E-state index contributed by atoms with van der Waals surface area (Å²) < 4.78 is 14.2. The number of benzene rings is 2. The van der Waals surface area contributed by atoms with Gasteiger partial charge in [-0.1, -0.05) is 42.6 Å². The predicted molar refractivity (Wildman–Crippen MR) is 165 cm³/mol. The Hall–Kier alpha value is -3.58. The lowest BCUT2D eigenvalue weighted by molar-refractivity contribution is -0.145. The molecule has 5 rings (SSSR count). The number of carbonyl (C=O) groups is 2. The van der Waals surface area contributed by atoms with Crippen LogP contribution in [-0.4, -0.2) is 78.1 Å². The Labute approximate surface area is 252 Å². The highest BCUT2D eigenvalue weighted by molar-refractivity contribution is 6.91. The fourth-order valence-corrected chi connectivity index (χ4v) is 11.0. The Morgan fingerprint density at radius 3 is 2.60 bits per heavy atom. The zero-order chi connectivity index (χ0) is 31.1. The van der Waals surface area contributed by atoms with E-state index in [9.17, 15) is 19.8 Å². The molecule has 2 amide bonds. The molecule has 230 valence electrons. The molecule has 12 heteroatoms. The number of hydrogen-bond donors (Lipinski definition) is 3. The first-order valence-corrected chi connectivity index (χ1v) is 17.8. The molecule has 0 radical (unpaired) electrons. The number of anilines is 2. The first kappa shape index (κ1) is 30.9. The molecule has 1 spiro atoms. The van der Waals surface area contributed by atoms with E-state index in [1.165, 1.54) is 12.1 Å². The van der Waals surface area contributed by atoms with Gasteiger partial charge in [-0.3, -0.25) is 14.3 Å². The number of likely N-dealkylation sites (N-methyl/N-ethyl adjacent to an activating group) is 1. The molecule has 1 fully saturated rings. The van der Waals surface area contributed by atoms with Crippen molar-refractivity contribution in [1.82, 2.24) is 15.0 Å². The van der Waals surface area contributed by atoms with Gasteiger partial charge >= 0.3 is 0 Å². The summed E-state index contributed by atoms with van der Waals surface area (Å²) in [5, 5.41) is 31.5. The summed E-state index contributed by atoms with van der Waals surface area (Å²) in [4.78, 5) is 28.2. The molecule has 11 nitrogen and oxygen atoms in total. The average Bonchev–Trinajstić information content (AvgIpc) is 3.62. The SMILES string of the molecule is COc1ccc([Si](C)(C)[C@H]2[C@H](CCn3cc(CCO)nn3)O[C@@]3(C(=O)N(C)c4ccc(NC(=O)[C@H](C)O)cc43)[C@@H]2C)cc1. The molecule has 3 heterocycles. The molecule has 3 aromatic rings. The van der Waals surface area contributed by atoms with Gasteiger partial charge in [0.25, 0.3) is 11.8 Å². The number of aliphatic hydroxyl groups excluding tert-OH is 2.